The van der Waals surface area contributed by atoms with Gasteiger partial charge in [0.25, 0.3) is 10.2 Å². The molecule has 1 saturated heterocycles. The molecule has 1 unspecified atom stereocenters. The minimum absolute atomic E-state index is 0.0342. The Morgan fingerprint density at radius 2 is 2.04 bits per heavy atom. The number of hydrogen-bond acceptors (Lipinski definition) is 6. The number of aromatic nitrogens is 3. The van der Waals surface area contributed by atoms with E-state index in [-0.39, 0.29) is 6.17 Å². The highest BCUT2D eigenvalue weighted by Gasteiger charge is 2.35. The van der Waals surface area contributed by atoms with E-state index in [9.17, 15) is 8.42 Å². The second-order valence-corrected chi connectivity index (χ2v) is 8.71. The summed E-state index contributed by atoms with van der Waals surface area (Å²) in [6, 6.07) is 0. The molecule has 25 heavy (non-hydrogen) atoms. The number of aliphatic imine (C=N–C) groups is 1. The first kappa shape index (κ1) is 18.5. The lowest BCUT2D eigenvalue weighted by molar-refractivity contribution is 0.139. The molecule has 2 aliphatic rings. The summed E-state index contributed by atoms with van der Waals surface area (Å²) in [6.07, 6.45) is 5.89. The second-order valence-electron chi connectivity index (χ2n) is 6.61. The van der Waals surface area contributed by atoms with E-state index in [4.69, 9.17) is 11.6 Å². The monoisotopic (exact) mass is 387 g/mol. The lowest BCUT2D eigenvalue weighted by Crippen LogP contribution is -2.56. The Morgan fingerprint density at radius 3 is 2.60 bits per heavy atom. The molecule has 1 fully saturated rings. The first-order valence-electron chi connectivity index (χ1n) is 8.06. The number of aromatic amines is 1. The highest BCUT2D eigenvalue weighted by atomic mass is 35.5. The van der Waals surface area contributed by atoms with Crippen molar-refractivity contribution in [3.8, 4) is 0 Å². The molecular weight excluding hydrogens is 366 g/mol. The van der Waals surface area contributed by atoms with Crippen LogP contribution >= 0.6 is 11.6 Å². The third-order valence-electron chi connectivity index (χ3n) is 4.37. The molecular formula is C14H22ClN7O2S. The summed E-state index contributed by atoms with van der Waals surface area (Å²) in [5, 5.41) is 10.9. The maximum Gasteiger partial charge on any atom is 0.280 e. The van der Waals surface area contributed by atoms with Crippen molar-refractivity contribution >= 4 is 28.0 Å². The van der Waals surface area contributed by atoms with Crippen molar-refractivity contribution in [1.82, 2.24) is 29.3 Å². The highest BCUT2D eigenvalue weighted by molar-refractivity contribution is 7.87. The van der Waals surface area contributed by atoms with Gasteiger partial charge in [-0.3, -0.25) is 9.89 Å². The van der Waals surface area contributed by atoms with Gasteiger partial charge in [-0.1, -0.05) is 17.7 Å². The summed E-state index contributed by atoms with van der Waals surface area (Å²) < 4.78 is 29.6. The van der Waals surface area contributed by atoms with Crippen molar-refractivity contribution in [3.05, 3.63) is 23.0 Å². The molecule has 0 radical (unpaired) electrons. The van der Waals surface area contributed by atoms with Crippen LogP contribution in [-0.2, 0) is 15.7 Å². The summed E-state index contributed by atoms with van der Waals surface area (Å²) >= 11 is 5.89. The topological polar surface area (TPSA) is 107 Å². The first-order chi connectivity index (χ1) is 11.8. The van der Waals surface area contributed by atoms with Crippen LogP contribution in [0.5, 0.6) is 0 Å². The Kier molecular flexibility index (Phi) is 5.26. The molecule has 2 aliphatic heterocycles. The van der Waals surface area contributed by atoms with E-state index in [1.165, 1.54) is 10.5 Å². The van der Waals surface area contributed by atoms with Gasteiger partial charge in [0.15, 0.2) is 0 Å². The average Bonchev–Trinajstić information content (AvgIpc) is 3.10. The van der Waals surface area contributed by atoms with Crippen LogP contribution in [0.4, 0.5) is 0 Å². The van der Waals surface area contributed by atoms with Crippen LogP contribution in [0.3, 0.4) is 0 Å². The maximum absolute atomic E-state index is 12.7. The molecule has 0 aliphatic carbocycles. The molecule has 138 valence electrons. The van der Waals surface area contributed by atoms with E-state index in [1.54, 1.807) is 20.1 Å². The smallest absolute Gasteiger partial charge is 0.279 e. The van der Waals surface area contributed by atoms with E-state index >= 15 is 0 Å². The van der Waals surface area contributed by atoms with Gasteiger partial charge in [0.2, 0.25) is 0 Å². The second kappa shape index (κ2) is 7.12. The molecule has 0 spiro atoms. The number of dihydropyridines is 1. The number of H-pyrrole nitrogens is 1. The number of hydrogen-bond donors (Lipinski definition) is 2. The number of rotatable bonds is 5. The van der Waals surface area contributed by atoms with Gasteiger partial charge in [-0.05, 0) is 13.8 Å². The summed E-state index contributed by atoms with van der Waals surface area (Å²) in [5.41, 5.74) is -0.312. The molecule has 3 heterocycles. The standard InChI is InChI=1S/C14H22ClN7O2S/c1-14(2,12-10-17-20-18-12)19-25(23,24)22-7-5-21(6-8-22)13-4-3-11(15)9-16-13/h3,9-10,13,19H,4-8H2,1-2H3,(H,17,18,20). The molecule has 0 amide bonds. The van der Waals surface area contributed by atoms with Crippen LogP contribution in [0.1, 0.15) is 26.0 Å². The Morgan fingerprint density at radius 1 is 1.32 bits per heavy atom. The molecule has 0 saturated carbocycles. The minimum Gasteiger partial charge on any atom is -0.279 e. The Balaban J connectivity index is 1.59. The molecule has 11 heteroatoms. The van der Waals surface area contributed by atoms with Crippen LogP contribution in [0, 0.1) is 0 Å². The van der Waals surface area contributed by atoms with Crippen molar-refractivity contribution in [2.24, 2.45) is 4.99 Å². The number of nitrogens with zero attached hydrogens (tertiary/aromatic N) is 5. The zero-order chi connectivity index (χ0) is 18.1. The predicted molar refractivity (Wildman–Crippen MR) is 95.4 cm³/mol. The fourth-order valence-electron chi connectivity index (χ4n) is 2.92. The highest BCUT2D eigenvalue weighted by Crippen LogP contribution is 2.21. The third kappa shape index (κ3) is 4.26. The van der Waals surface area contributed by atoms with E-state index in [0.29, 0.717) is 36.9 Å². The largest absolute Gasteiger partial charge is 0.280 e. The van der Waals surface area contributed by atoms with Crippen molar-refractivity contribution in [3.63, 3.8) is 0 Å². The Bertz CT molecular complexity index is 752. The zero-order valence-electron chi connectivity index (χ0n) is 14.2. The first-order valence-corrected chi connectivity index (χ1v) is 9.88. The molecule has 1 atom stereocenters. The van der Waals surface area contributed by atoms with Gasteiger partial charge in [0.1, 0.15) is 11.9 Å². The summed E-state index contributed by atoms with van der Waals surface area (Å²) in [7, 11) is -3.63. The van der Waals surface area contributed by atoms with Crippen molar-refractivity contribution in [1.29, 1.82) is 0 Å². The molecule has 0 bridgehead atoms. The van der Waals surface area contributed by atoms with Gasteiger partial charge in [0, 0.05) is 38.8 Å². The Labute approximate surface area is 152 Å². The maximum atomic E-state index is 12.7. The number of piperazine rings is 1. The van der Waals surface area contributed by atoms with E-state index in [1.807, 2.05) is 6.08 Å². The van der Waals surface area contributed by atoms with E-state index < -0.39 is 15.7 Å². The molecule has 3 rings (SSSR count). The molecule has 1 aromatic rings. The van der Waals surface area contributed by atoms with E-state index in [0.717, 1.165) is 6.42 Å². The predicted octanol–water partition coefficient (Wildman–Crippen LogP) is 0.415. The SMILES string of the molecule is CC(C)(NS(=O)(=O)N1CCN(C2CC=C(Cl)C=N2)CC1)c1cn[nH]n1. The quantitative estimate of drug-likeness (QED) is 0.761. The van der Waals surface area contributed by atoms with Crippen LogP contribution in [-0.4, -0.2) is 71.6 Å². The van der Waals surface area contributed by atoms with Crippen molar-refractivity contribution in [2.75, 3.05) is 26.2 Å². The lowest BCUT2D eigenvalue weighted by atomic mass is 10.0. The Hall–Kier alpha value is -1.33. The lowest BCUT2D eigenvalue weighted by Gasteiger charge is -2.38. The van der Waals surface area contributed by atoms with Gasteiger partial charge >= 0.3 is 0 Å². The fraction of sp³-hybridized carbons (Fsp3) is 0.643. The van der Waals surface area contributed by atoms with Crippen molar-refractivity contribution < 1.29 is 8.42 Å². The van der Waals surface area contributed by atoms with Crippen molar-refractivity contribution in [2.45, 2.75) is 32.0 Å². The third-order valence-corrected chi connectivity index (χ3v) is 6.43. The van der Waals surface area contributed by atoms with Crippen LogP contribution < -0.4 is 4.72 Å². The van der Waals surface area contributed by atoms with Gasteiger partial charge in [-0.2, -0.15) is 32.9 Å². The number of nitrogens with one attached hydrogen (secondary N) is 2. The molecule has 0 aromatic carbocycles. The fourth-order valence-corrected chi connectivity index (χ4v) is 4.58. The zero-order valence-corrected chi connectivity index (χ0v) is 15.8. The normalized spacial score (nSPS) is 23.6. The van der Waals surface area contributed by atoms with Gasteiger partial charge < -0.3 is 0 Å². The summed E-state index contributed by atoms with van der Waals surface area (Å²) in [4.78, 5) is 6.58. The molecule has 9 nitrogen and oxygen atoms in total. The average molecular weight is 388 g/mol. The van der Waals surface area contributed by atoms with Gasteiger partial charge in [0.05, 0.1) is 16.8 Å². The van der Waals surface area contributed by atoms with Gasteiger partial charge in [-0.15, -0.1) is 0 Å². The van der Waals surface area contributed by atoms with Crippen LogP contribution in [0.25, 0.3) is 0 Å². The number of halogens is 1. The molecule has 2 N–H and O–H groups in total. The number of allylic oxidation sites excluding steroid dienone is 1. The van der Waals surface area contributed by atoms with Crippen LogP contribution in [0.2, 0.25) is 0 Å². The summed E-state index contributed by atoms with van der Waals surface area (Å²) in [6.45, 7) is 5.58. The summed E-state index contributed by atoms with van der Waals surface area (Å²) in [5.74, 6) is 0. The van der Waals surface area contributed by atoms with Gasteiger partial charge in [-0.25, -0.2) is 0 Å². The molecule has 1 aromatic heterocycles. The van der Waals surface area contributed by atoms with Crippen LogP contribution in [0.15, 0.2) is 22.3 Å². The minimum atomic E-state index is -3.63. The van der Waals surface area contributed by atoms with E-state index in [2.05, 4.69) is 30.0 Å².